The Balaban J connectivity index is 6.42. The summed E-state index contributed by atoms with van der Waals surface area (Å²) in [4.78, 5) is 0. The van der Waals surface area contributed by atoms with Crippen molar-refractivity contribution in [2.75, 3.05) is 7.11 Å². The molecular weight excluding hydrogens is 825 g/mol. The van der Waals surface area contributed by atoms with Gasteiger partial charge in [-0.2, -0.15) is 0 Å². The van der Waals surface area contributed by atoms with E-state index in [0.29, 0.717) is 0 Å². The monoisotopic (exact) mass is 910 g/mol. The van der Waals surface area contributed by atoms with Crippen molar-refractivity contribution >= 4 is 85.4 Å². The van der Waals surface area contributed by atoms with Crippen molar-refractivity contribution in [2.45, 2.75) is 202 Å². The summed E-state index contributed by atoms with van der Waals surface area (Å²) in [5.74, 6) is 0. The Bertz CT molecular complexity index is 1070. The topological polar surface area (TPSA) is 92.3 Å². The second-order valence-electron chi connectivity index (χ2n) is 16.6. The summed E-state index contributed by atoms with van der Waals surface area (Å²) in [6.07, 6.45) is 0. The maximum Gasteiger partial charge on any atom is 0.325 e. The highest BCUT2D eigenvalue weighted by Crippen LogP contribution is 2.37. The molecule has 9 atom stereocenters. The maximum absolute atomic E-state index is 7.29. The third kappa shape index (κ3) is 16.9. The Morgan fingerprint density at radius 1 is 0.231 bits per heavy atom. The number of hydrogen-bond donors (Lipinski definition) is 0. The minimum atomic E-state index is -2.77. The van der Waals surface area contributed by atoms with E-state index in [1.807, 2.05) is 0 Å². The van der Waals surface area contributed by atoms with Crippen molar-refractivity contribution in [1.82, 2.24) is 0 Å². The summed E-state index contributed by atoms with van der Waals surface area (Å²) in [5, 5.41) is 0. The fourth-order valence-corrected chi connectivity index (χ4v) is 55.1. The van der Waals surface area contributed by atoms with Gasteiger partial charge in [0.25, 0.3) is 0 Å². The standard InChI is InChI=1S/C32H86O10Si10/c1-23-43(12,13)34-45(15,25-3)36-47(17,27-5)38-49(19,29-7)40-51(21,31-9)42-52(22,32-10)41-50(20,30-8)39-48(18,28-6)37-46(16,26-4)35-44(14,24-2)33-11/h23-32H2,1-22H3. The van der Waals surface area contributed by atoms with Gasteiger partial charge >= 0.3 is 77.0 Å². The molecule has 0 bridgehead atoms. The molecule has 0 aliphatic carbocycles. The lowest BCUT2D eigenvalue weighted by Crippen LogP contribution is -2.65. The fourth-order valence-electron chi connectivity index (χ4n) is 5.89. The molecule has 52 heavy (non-hydrogen) atoms. The quantitative estimate of drug-likeness (QED) is 0.0676. The van der Waals surface area contributed by atoms with Gasteiger partial charge in [0, 0.05) is 7.11 Å². The predicted molar refractivity (Wildman–Crippen MR) is 244 cm³/mol. The summed E-state index contributed by atoms with van der Waals surface area (Å²) in [6.45, 7) is 46.2. The van der Waals surface area contributed by atoms with Crippen LogP contribution in [0.15, 0.2) is 0 Å². The minimum Gasteiger partial charge on any atom is -0.436 e. The second kappa shape index (κ2) is 21.2. The zero-order valence-corrected chi connectivity index (χ0v) is 48.2. The van der Waals surface area contributed by atoms with Crippen molar-refractivity contribution in [1.29, 1.82) is 0 Å². The van der Waals surface area contributed by atoms with Crippen molar-refractivity contribution in [3.8, 4) is 0 Å². The molecule has 20 heteroatoms. The van der Waals surface area contributed by atoms with Crippen LogP contribution in [0.25, 0.3) is 0 Å². The molecule has 9 unspecified atom stereocenters. The van der Waals surface area contributed by atoms with Gasteiger partial charge in [0.15, 0.2) is 8.32 Å². The van der Waals surface area contributed by atoms with Gasteiger partial charge in [0.05, 0.1) is 0 Å². The maximum atomic E-state index is 7.29. The van der Waals surface area contributed by atoms with Gasteiger partial charge in [0.1, 0.15) is 0 Å². The van der Waals surface area contributed by atoms with Gasteiger partial charge < -0.3 is 41.5 Å². The van der Waals surface area contributed by atoms with E-state index in [4.69, 9.17) is 41.5 Å². The van der Waals surface area contributed by atoms with Crippen LogP contribution in [0.2, 0.25) is 132 Å². The van der Waals surface area contributed by atoms with E-state index in [2.05, 4.69) is 141 Å². The lowest BCUT2D eigenvalue weighted by Gasteiger charge is -2.48. The zero-order valence-electron chi connectivity index (χ0n) is 38.2. The molecule has 0 N–H and O–H groups in total. The molecule has 0 aliphatic heterocycles. The fraction of sp³-hybridized carbons (Fsp3) is 1.00. The molecule has 0 fully saturated rings. The Labute approximate surface area is 333 Å². The zero-order chi connectivity index (χ0) is 41.1. The van der Waals surface area contributed by atoms with E-state index in [1.54, 1.807) is 7.11 Å². The lowest BCUT2D eigenvalue weighted by atomic mass is 11.0. The van der Waals surface area contributed by atoms with Crippen LogP contribution in [0.4, 0.5) is 0 Å². The van der Waals surface area contributed by atoms with E-state index in [-0.39, 0.29) is 0 Å². The summed E-state index contributed by atoms with van der Waals surface area (Å²) in [5.41, 5.74) is 0. The number of rotatable bonds is 29. The molecule has 0 aromatic rings. The van der Waals surface area contributed by atoms with Crippen molar-refractivity contribution < 1.29 is 41.5 Å². The van der Waals surface area contributed by atoms with Gasteiger partial charge in [-0.05, 0) is 132 Å². The molecular formula is C32H86O10Si10. The molecule has 0 rings (SSSR count). The Morgan fingerprint density at radius 3 is 0.519 bits per heavy atom. The molecule has 0 aromatic carbocycles. The van der Waals surface area contributed by atoms with Crippen LogP contribution in [0.3, 0.4) is 0 Å². The smallest absolute Gasteiger partial charge is 0.325 e. The first-order valence-electron chi connectivity index (χ1n) is 20.4. The molecule has 10 nitrogen and oxygen atoms in total. The predicted octanol–water partition coefficient (Wildman–Crippen LogP) is 11.8. The molecule has 314 valence electrons. The average molecular weight is 912 g/mol. The van der Waals surface area contributed by atoms with Crippen LogP contribution in [0.5, 0.6) is 0 Å². The van der Waals surface area contributed by atoms with Crippen molar-refractivity contribution in [2.24, 2.45) is 0 Å². The van der Waals surface area contributed by atoms with Gasteiger partial charge in [-0.3, -0.25) is 0 Å². The second-order valence-corrected chi connectivity index (χ2v) is 55.4. The molecule has 0 heterocycles. The van der Waals surface area contributed by atoms with E-state index in [1.165, 1.54) is 0 Å². The first kappa shape index (κ1) is 53.8. The molecule has 0 amide bonds. The van der Waals surface area contributed by atoms with Crippen LogP contribution in [-0.4, -0.2) is 92.5 Å². The molecule has 0 radical (unpaired) electrons. The summed E-state index contributed by atoms with van der Waals surface area (Å²) < 4.78 is 70.0. The lowest BCUT2D eigenvalue weighted by molar-refractivity contribution is 0.235. The number of hydrogen-bond acceptors (Lipinski definition) is 10. The van der Waals surface area contributed by atoms with Crippen molar-refractivity contribution in [3.63, 3.8) is 0 Å². The molecule has 0 saturated heterocycles. The highest BCUT2D eigenvalue weighted by atomic mass is 28.5. The van der Waals surface area contributed by atoms with Gasteiger partial charge in [-0.15, -0.1) is 0 Å². The summed E-state index contributed by atoms with van der Waals surface area (Å²) in [7, 11) is -23.8. The molecule has 0 spiro atoms. The SMILES string of the molecule is CC[Si](C)(C)O[Si](C)(CC)O[Si](C)(CC)O[Si](C)(CC)O[Si](C)(CC)O[Si](C)(CC)O[Si](C)(CC)O[Si](C)(CC)O[Si](C)(CC)O[Si](C)(CC)OC. The highest BCUT2D eigenvalue weighted by Gasteiger charge is 2.55. The third-order valence-electron chi connectivity index (χ3n) is 11.0. The van der Waals surface area contributed by atoms with Crippen LogP contribution in [0.1, 0.15) is 69.2 Å². The van der Waals surface area contributed by atoms with Crippen molar-refractivity contribution in [3.05, 3.63) is 0 Å². The first-order valence-corrected chi connectivity index (χ1v) is 46.2. The van der Waals surface area contributed by atoms with E-state index in [9.17, 15) is 0 Å². The normalized spacial score (nSPS) is 23.4. The van der Waals surface area contributed by atoms with Crippen LogP contribution in [-0.2, 0) is 41.5 Å². The first-order chi connectivity index (χ1) is 23.5. The van der Waals surface area contributed by atoms with E-state index in [0.717, 1.165) is 60.4 Å². The van der Waals surface area contributed by atoms with E-state index < -0.39 is 85.4 Å². The average Bonchev–Trinajstić information content (AvgIpc) is 3.07. The summed E-state index contributed by atoms with van der Waals surface area (Å²) in [6, 6.07) is 8.50. The largest absolute Gasteiger partial charge is 0.436 e. The summed E-state index contributed by atoms with van der Waals surface area (Å²) >= 11 is 0. The molecule has 0 aromatic heterocycles. The van der Waals surface area contributed by atoms with Gasteiger partial charge in [-0.25, -0.2) is 0 Å². The van der Waals surface area contributed by atoms with E-state index >= 15 is 0 Å². The Morgan fingerprint density at radius 2 is 0.385 bits per heavy atom. The molecule has 0 aliphatic rings. The van der Waals surface area contributed by atoms with Crippen LogP contribution >= 0.6 is 0 Å². The molecule has 0 saturated carbocycles. The minimum absolute atomic E-state index is 0.791. The Kier molecular flexibility index (Phi) is 21.9. The van der Waals surface area contributed by atoms with Gasteiger partial charge in [0.2, 0.25) is 0 Å². The van der Waals surface area contributed by atoms with Gasteiger partial charge in [-0.1, -0.05) is 69.2 Å². The van der Waals surface area contributed by atoms with Crippen LogP contribution < -0.4 is 0 Å². The Hall–Kier alpha value is 1.77. The van der Waals surface area contributed by atoms with Crippen LogP contribution in [0, 0.1) is 0 Å². The highest BCUT2D eigenvalue weighted by molar-refractivity contribution is 6.94. The third-order valence-corrected chi connectivity index (χ3v) is 56.7.